The number of carbonyl (C=O) groups excluding carboxylic acids is 1. The molecule has 0 atom stereocenters. The molecule has 5 heteroatoms. The van der Waals surface area contributed by atoms with Crippen molar-refractivity contribution in [1.29, 1.82) is 0 Å². The number of nitrogens with zero attached hydrogens (tertiary/aromatic N) is 2. The Bertz CT molecular complexity index is 842. The van der Waals surface area contributed by atoms with Crippen LogP contribution in [0.3, 0.4) is 0 Å². The van der Waals surface area contributed by atoms with Gasteiger partial charge in [0, 0.05) is 57.6 Å². The van der Waals surface area contributed by atoms with Gasteiger partial charge in [-0.2, -0.15) is 0 Å². The van der Waals surface area contributed by atoms with Crippen molar-refractivity contribution in [2.24, 2.45) is 0 Å². The summed E-state index contributed by atoms with van der Waals surface area (Å²) in [4.78, 5) is 15.9. The fourth-order valence-electron chi connectivity index (χ4n) is 4.11. The number of amides is 1. The third-order valence-electron chi connectivity index (χ3n) is 6.29. The molecule has 31 heavy (non-hydrogen) atoms. The number of rotatable bonds is 5. The first kappa shape index (κ1) is 23.3. The highest BCUT2D eigenvalue weighted by atomic mass is 16.5. The van der Waals surface area contributed by atoms with Crippen LogP contribution in [0.1, 0.15) is 44.7 Å². The summed E-state index contributed by atoms with van der Waals surface area (Å²) in [6, 6.07) is 16.8. The monoisotopic (exact) mass is 423 g/mol. The third kappa shape index (κ3) is 5.86. The maximum absolute atomic E-state index is 11.6. The quantitative estimate of drug-likeness (QED) is 0.776. The average molecular weight is 424 g/mol. The summed E-state index contributed by atoms with van der Waals surface area (Å²) in [6.45, 7) is 11.6. The Kier molecular flexibility index (Phi) is 8.10. The van der Waals surface area contributed by atoms with Gasteiger partial charge in [-0.3, -0.25) is 4.79 Å². The summed E-state index contributed by atoms with van der Waals surface area (Å²) in [5.41, 5.74) is 4.72. The van der Waals surface area contributed by atoms with Gasteiger partial charge in [0.15, 0.2) is 0 Å². The molecule has 2 aromatic rings. The Morgan fingerprint density at radius 3 is 2.26 bits per heavy atom. The molecule has 0 spiro atoms. The molecular weight excluding hydrogens is 386 g/mol. The van der Waals surface area contributed by atoms with Crippen molar-refractivity contribution in [3.8, 4) is 0 Å². The molecule has 0 radical (unpaired) electrons. The lowest BCUT2D eigenvalue weighted by Gasteiger charge is -2.31. The number of methoxy groups -OCH3 is 1. The fourth-order valence-corrected chi connectivity index (χ4v) is 4.11. The molecule has 1 amide bonds. The topological polar surface area (TPSA) is 44.8 Å². The van der Waals surface area contributed by atoms with E-state index < -0.39 is 0 Å². The van der Waals surface area contributed by atoms with Crippen molar-refractivity contribution >= 4 is 17.3 Å². The minimum atomic E-state index is -0.284. The van der Waals surface area contributed by atoms with E-state index in [-0.39, 0.29) is 11.5 Å². The van der Waals surface area contributed by atoms with Crippen LogP contribution in [0.5, 0.6) is 0 Å². The molecule has 4 rings (SSSR count). The van der Waals surface area contributed by atoms with Crippen molar-refractivity contribution in [2.45, 2.75) is 45.6 Å². The summed E-state index contributed by atoms with van der Waals surface area (Å²) in [5.74, 6) is 0.226. The molecule has 2 heterocycles. The molecule has 2 fully saturated rings. The molecule has 0 saturated carbocycles. The molecule has 0 aliphatic carbocycles. The zero-order chi connectivity index (χ0) is 22.3. The first-order valence-corrected chi connectivity index (χ1v) is 11.5. The Hall–Kier alpha value is -2.37. The lowest BCUT2D eigenvalue weighted by Crippen LogP contribution is -2.43. The number of nitrogens with one attached hydrogen (secondary N) is 1. The number of hydrogen-bond donors (Lipinski definition) is 1. The van der Waals surface area contributed by atoms with Crippen LogP contribution < -0.4 is 15.1 Å². The van der Waals surface area contributed by atoms with Crippen molar-refractivity contribution in [3.63, 3.8) is 0 Å². The lowest BCUT2D eigenvalue weighted by atomic mass is 9.98. The number of aryl methyl sites for hydroxylation is 1. The first-order chi connectivity index (χ1) is 15.0. The van der Waals surface area contributed by atoms with Crippen LogP contribution in [0.4, 0.5) is 11.4 Å². The maximum atomic E-state index is 11.6. The smallest absolute Gasteiger partial charge is 0.227 e. The molecule has 2 aromatic carbocycles. The van der Waals surface area contributed by atoms with Gasteiger partial charge in [-0.05, 0) is 56.0 Å². The highest BCUT2D eigenvalue weighted by molar-refractivity contribution is 5.95. The predicted octanol–water partition coefficient (Wildman–Crippen LogP) is 4.35. The van der Waals surface area contributed by atoms with E-state index in [2.05, 4.69) is 41.4 Å². The third-order valence-corrected chi connectivity index (χ3v) is 6.29. The second-order valence-electron chi connectivity index (χ2n) is 8.63. The van der Waals surface area contributed by atoms with Gasteiger partial charge in [0.05, 0.1) is 5.60 Å². The molecule has 5 nitrogen and oxygen atoms in total. The van der Waals surface area contributed by atoms with Crippen LogP contribution >= 0.6 is 0 Å². The van der Waals surface area contributed by atoms with Crippen LogP contribution in [0.2, 0.25) is 0 Å². The lowest BCUT2D eigenvalue weighted by molar-refractivity contribution is -0.117. The van der Waals surface area contributed by atoms with Gasteiger partial charge in [0.1, 0.15) is 0 Å². The summed E-state index contributed by atoms with van der Waals surface area (Å²) in [7, 11) is 1.71. The van der Waals surface area contributed by atoms with E-state index in [9.17, 15) is 4.79 Å². The Balaban J connectivity index is 0.000000179. The number of anilines is 2. The first-order valence-electron chi connectivity index (χ1n) is 11.5. The van der Waals surface area contributed by atoms with Crippen LogP contribution in [0, 0.1) is 0 Å². The van der Waals surface area contributed by atoms with Crippen molar-refractivity contribution in [2.75, 3.05) is 49.6 Å². The number of para-hydroxylation sites is 1. The molecule has 1 N–H and O–H groups in total. The number of ether oxygens (including phenoxy) is 1. The van der Waals surface area contributed by atoms with Crippen LogP contribution in [-0.4, -0.2) is 45.7 Å². The van der Waals surface area contributed by atoms with Gasteiger partial charge in [0.2, 0.25) is 5.91 Å². The fraction of sp³-hybridized carbons (Fsp3) is 0.500. The van der Waals surface area contributed by atoms with Gasteiger partial charge < -0.3 is 19.9 Å². The second kappa shape index (κ2) is 10.8. The number of piperazine rings is 1. The van der Waals surface area contributed by atoms with Crippen LogP contribution in [0.25, 0.3) is 0 Å². The predicted molar refractivity (Wildman–Crippen MR) is 129 cm³/mol. The van der Waals surface area contributed by atoms with E-state index in [0.29, 0.717) is 6.42 Å². The van der Waals surface area contributed by atoms with Gasteiger partial charge in [0.25, 0.3) is 0 Å². The molecule has 168 valence electrons. The minimum Gasteiger partial charge on any atom is -0.374 e. The number of carbonyl (C=O) groups is 1. The second-order valence-corrected chi connectivity index (χ2v) is 8.63. The molecule has 0 bridgehead atoms. The highest BCUT2D eigenvalue weighted by Gasteiger charge is 2.23. The van der Waals surface area contributed by atoms with E-state index in [4.69, 9.17) is 4.74 Å². The molecule has 2 saturated heterocycles. The number of benzene rings is 2. The largest absolute Gasteiger partial charge is 0.374 e. The van der Waals surface area contributed by atoms with Gasteiger partial charge >= 0.3 is 0 Å². The van der Waals surface area contributed by atoms with Gasteiger partial charge in [-0.1, -0.05) is 37.3 Å². The SMILES string of the molecule is CCc1ccccc1N1CCNCC1.COC(C)(C)c1ccc(N2CCCC2=O)cc1. The normalized spacial score (nSPS) is 16.8. The summed E-state index contributed by atoms with van der Waals surface area (Å²) in [5, 5.41) is 3.38. The van der Waals surface area contributed by atoms with E-state index >= 15 is 0 Å². The van der Waals surface area contributed by atoms with Crippen molar-refractivity contribution in [1.82, 2.24) is 5.32 Å². The van der Waals surface area contributed by atoms with Gasteiger partial charge in [-0.25, -0.2) is 0 Å². The van der Waals surface area contributed by atoms with E-state index in [1.807, 2.05) is 43.0 Å². The zero-order valence-corrected chi connectivity index (χ0v) is 19.5. The van der Waals surface area contributed by atoms with Crippen molar-refractivity contribution in [3.05, 3.63) is 59.7 Å². The van der Waals surface area contributed by atoms with E-state index in [1.54, 1.807) is 7.11 Å². The number of hydrogen-bond acceptors (Lipinski definition) is 4. The summed E-state index contributed by atoms with van der Waals surface area (Å²) >= 11 is 0. The standard InChI is InChI=1S/C14H19NO2.C12H18N2/c1-14(2,17-3)11-6-8-12(9-7-11)15-10-4-5-13(15)16;1-2-11-5-3-4-6-12(11)14-9-7-13-8-10-14/h6-9H,4-5,10H2,1-3H3;3-6,13H,2,7-10H2,1H3. The maximum Gasteiger partial charge on any atom is 0.227 e. The van der Waals surface area contributed by atoms with Gasteiger partial charge in [-0.15, -0.1) is 0 Å². The zero-order valence-electron chi connectivity index (χ0n) is 19.5. The van der Waals surface area contributed by atoms with Crippen LogP contribution in [0.15, 0.2) is 48.5 Å². The van der Waals surface area contributed by atoms with E-state index in [0.717, 1.165) is 56.8 Å². The molecule has 2 aliphatic heterocycles. The Labute approximate surface area is 187 Å². The van der Waals surface area contributed by atoms with Crippen molar-refractivity contribution < 1.29 is 9.53 Å². The van der Waals surface area contributed by atoms with Crippen LogP contribution in [-0.2, 0) is 21.6 Å². The summed E-state index contributed by atoms with van der Waals surface area (Å²) in [6.07, 6.45) is 2.76. The average Bonchev–Trinajstić information content (AvgIpc) is 3.26. The Morgan fingerprint density at radius 2 is 1.68 bits per heavy atom. The highest BCUT2D eigenvalue weighted by Crippen LogP contribution is 2.27. The minimum absolute atomic E-state index is 0.226. The van der Waals surface area contributed by atoms with E-state index in [1.165, 1.54) is 11.3 Å². The molecule has 0 aromatic heterocycles. The molecular formula is C26H37N3O2. The molecule has 0 unspecified atom stereocenters. The Morgan fingerprint density at radius 1 is 1.00 bits per heavy atom. The molecule has 2 aliphatic rings. The summed E-state index contributed by atoms with van der Waals surface area (Å²) < 4.78 is 5.43.